The van der Waals surface area contributed by atoms with E-state index in [-0.39, 0.29) is 0 Å². The van der Waals surface area contributed by atoms with Crippen molar-refractivity contribution in [3.8, 4) is 0 Å². The van der Waals surface area contributed by atoms with E-state index >= 15 is 0 Å². The van der Waals surface area contributed by atoms with Gasteiger partial charge in [-0.15, -0.1) is 0 Å². The normalized spacial score (nSPS) is 12.2. The van der Waals surface area contributed by atoms with Gasteiger partial charge < -0.3 is 0 Å². The predicted octanol–water partition coefficient (Wildman–Crippen LogP) is 6.07. The molecule has 0 N–H and O–H groups in total. The van der Waals surface area contributed by atoms with Crippen molar-refractivity contribution in [2.45, 2.75) is 96.8 Å². The molecule has 4 nitrogen and oxygen atoms in total. The molecule has 0 heterocycles. The van der Waals surface area contributed by atoms with E-state index < -0.39 is 38.3 Å². The molecule has 0 aliphatic carbocycles. The summed E-state index contributed by atoms with van der Waals surface area (Å²) in [5, 5.41) is 0. The van der Waals surface area contributed by atoms with E-state index in [1.165, 1.54) is 25.7 Å². The fraction of sp³-hybridized carbons (Fsp3) is 0.944. The van der Waals surface area contributed by atoms with E-state index in [1.807, 2.05) is 13.2 Å². The first-order chi connectivity index (χ1) is 11.6. The van der Waals surface area contributed by atoms with Crippen LogP contribution < -0.4 is 0 Å². The van der Waals surface area contributed by atoms with Crippen LogP contribution in [0.3, 0.4) is 0 Å². The van der Waals surface area contributed by atoms with Crippen molar-refractivity contribution in [3.05, 3.63) is 0 Å². The molecule has 0 spiro atoms. The Morgan fingerprint density at radius 1 is 0.792 bits per heavy atom. The number of nitrogens with zero attached hydrogens (tertiary/aromatic N) is 1. The van der Waals surface area contributed by atoms with Gasteiger partial charge in [-0.2, -0.15) is 0 Å². The van der Waals surface area contributed by atoms with Crippen molar-refractivity contribution < 1.29 is 9.28 Å². The summed E-state index contributed by atoms with van der Waals surface area (Å²) < 4.78 is 21.8. The minimum absolute atomic E-state index is 1.01. The molecule has 24 heavy (non-hydrogen) atoms. The topological polar surface area (TPSA) is 47.9 Å². The zero-order chi connectivity index (χ0) is 18.3. The summed E-state index contributed by atoms with van der Waals surface area (Å²) in [5.74, 6) is 0. The van der Waals surface area contributed by atoms with Gasteiger partial charge in [0.1, 0.15) is 0 Å². The van der Waals surface area contributed by atoms with Crippen LogP contribution in [-0.4, -0.2) is 51.5 Å². The molecule has 0 amide bonds. The molecule has 0 radical (unpaired) electrons. The van der Waals surface area contributed by atoms with E-state index in [0.717, 1.165) is 43.4 Å². The van der Waals surface area contributed by atoms with Crippen molar-refractivity contribution in [1.82, 2.24) is 0 Å². The minimum atomic E-state index is -3.31. The standard InChI is InChI=1S/4C4H9.CNO.CH3O.O.2Sn/c4*1-3-4-2;2-1-3;1-2;;;/h4*1,3-4H2,2H3;;1H3;;;/q;;;;2*-1;;2*+1. The summed E-state index contributed by atoms with van der Waals surface area (Å²) in [6.45, 7) is 8.84. The fourth-order valence-corrected chi connectivity index (χ4v) is 44.1. The summed E-state index contributed by atoms with van der Waals surface area (Å²) in [4.78, 5) is 11.2. The van der Waals surface area contributed by atoms with Gasteiger partial charge in [0.25, 0.3) is 0 Å². The van der Waals surface area contributed by atoms with Gasteiger partial charge in [0.2, 0.25) is 0 Å². The predicted molar refractivity (Wildman–Crippen MR) is 107 cm³/mol. The van der Waals surface area contributed by atoms with Crippen LogP contribution in [0.1, 0.15) is 79.1 Å². The van der Waals surface area contributed by atoms with Gasteiger partial charge >= 0.3 is 161 Å². The van der Waals surface area contributed by atoms with Crippen molar-refractivity contribution >= 4 is 44.3 Å². The number of isocyanates is 1. The Labute approximate surface area is 159 Å². The van der Waals surface area contributed by atoms with Crippen LogP contribution in [0.4, 0.5) is 0 Å². The number of hydrogen-bond acceptors (Lipinski definition) is 4. The fourth-order valence-electron chi connectivity index (χ4n) is 3.06. The molecule has 0 aromatic carbocycles. The molecule has 0 rings (SSSR count). The van der Waals surface area contributed by atoms with Gasteiger partial charge in [-0.1, -0.05) is 0 Å². The van der Waals surface area contributed by atoms with Crippen molar-refractivity contribution in [1.29, 1.82) is 0 Å². The number of rotatable bonds is 16. The monoisotopic (exact) mass is 557 g/mol. The van der Waals surface area contributed by atoms with Gasteiger partial charge in [0.15, 0.2) is 0 Å². The first-order valence-corrected chi connectivity index (χ1v) is 22.8. The van der Waals surface area contributed by atoms with Crippen LogP contribution in [0.5, 0.6) is 0 Å². The molecule has 0 aliphatic heterocycles. The first kappa shape index (κ1) is 24.9. The van der Waals surface area contributed by atoms with Gasteiger partial charge in [0, 0.05) is 0 Å². The second-order valence-corrected chi connectivity index (χ2v) is 29.4. The molecule has 142 valence electrons. The van der Waals surface area contributed by atoms with Crippen molar-refractivity contribution in [2.75, 3.05) is 7.11 Å². The molecule has 0 bridgehead atoms. The van der Waals surface area contributed by atoms with Crippen LogP contribution in [0.2, 0.25) is 17.7 Å². The van der Waals surface area contributed by atoms with Gasteiger partial charge in [-0.3, -0.25) is 0 Å². The zero-order valence-electron chi connectivity index (χ0n) is 16.7. The second kappa shape index (κ2) is 15.0. The molecule has 6 heteroatoms. The molecule has 0 unspecified atom stereocenters. The number of unbranched alkanes of at least 4 members (excludes halogenated alkanes) is 4. The molecular weight excluding hydrogens is 516 g/mol. The molecule has 0 aromatic rings. The molecule has 0 atom stereocenters. The maximum atomic E-state index is 11.2. The Bertz CT molecular complexity index is 344. The van der Waals surface area contributed by atoms with E-state index in [4.69, 9.17) is 4.49 Å². The third-order valence-corrected chi connectivity index (χ3v) is 37.6. The summed E-state index contributed by atoms with van der Waals surface area (Å²) in [6, 6.07) is 0. The third kappa shape index (κ3) is 9.56. The SMILES string of the molecule is CCC[CH2][Sn]([CH2]CCC)([N]=C=O)[O][Sn]([CH2]CCC)([CH2]CCC)[O]C. The van der Waals surface area contributed by atoms with E-state index in [2.05, 4.69) is 30.9 Å². The summed E-state index contributed by atoms with van der Waals surface area (Å²) >= 11 is -6.45. The van der Waals surface area contributed by atoms with E-state index in [1.54, 1.807) is 0 Å². The van der Waals surface area contributed by atoms with Crippen molar-refractivity contribution in [3.63, 3.8) is 0 Å². The molecule has 0 saturated carbocycles. The molecule has 0 aromatic heterocycles. The molecule has 0 saturated heterocycles. The van der Waals surface area contributed by atoms with E-state index in [9.17, 15) is 4.79 Å². The zero-order valence-corrected chi connectivity index (χ0v) is 22.4. The summed E-state index contributed by atoms with van der Waals surface area (Å²) in [7, 11) is 1.85. The Kier molecular flexibility index (Phi) is 15.6. The maximum absolute atomic E-state index is 11.2. The van der Waals surface area contributed by atoms with Crippen LogP contribution in [0.25, 0.3) is 0 Å². The van der Waals surface area contributed by atoms with Crippen LogP contribution in [-0.2, 0) is 9.28 Å². The summed E-state index contributed by atoms with van der Waals surface area (Å²) in [5.41, 5.74) is 0. The number of carbonyl (C=O) groups excluding carboxylic acids is 1. The first-order valence-electron chi connectivity index (χ1n) is 9.91. The Balaban J connectivity index is 5.51. The summed E-state index contributed by atoms with van der Waals surface area (Å²) in [6.07, 6.45) is 11.1. The number of hydrogen-bond donors (Lipinski definition) is 0. The van der Waals surface area contributed by atoms with Crippen LogP contribution in [0.15, 0.2) is 3.21 Å². The van der Waals surface area contributed by atoms with E-state index in [0.29, 0.717) is 0 Å². The molecular formula is C18H39NO3Sn2. The van der Waals surface area contributed by atoms with Gasteiger partial charge in [0.05, 0.1) is 0 Å². The second-order valence-electron chi connectivity index (χ2n) is 6.78. The Morgan fingerprint density at radius 2 is 1.21 bits per heavy atom. The molecule has 0 fully saturated rings. The van der Waals surface area contributed by atoms with Gasteiger partial charge in [-0.25, -0.2) is 0 Å². The quantitative estimate of drug-likeness (QED) is 0.132. The van der Waals surface area contributed by atoms with Crippen LogP contribution >= 0.6 is 0 Å². The Hall–Kier alpha value is 0.897. The third-order valence-electron chi connectivity index (χ3n) is 4.66. The average molecular weight is 555 g/mol. The molecule has 0 aliphatic rings. The average Bonchev–Trinajstić information content (AvgIpc) is 2.61. The Morgan fingerprint density at radius 3 is 1.54 bits per heavy atom. The van der Waals surface area contributed by atoms with Crippen LogP contribution in [0, 0.1) is 0 Å². The van der Waals surface area contributed by atoms with Crippen molar-refractivity contribution in [2.24, 2.45) is 3.21 Å². The van der Waals surface area contributed by atoms with Gasteiger partial charge in [-0.05, 0) is 0 Å².